The smallest absolute Gasteiger partial charge is 0.312 e. The van der Waals surface area contributed by atoms with Gasteiger partial charge < -0.3 is 4.74 Å². The normalized spacial score (nSPS) is 10.7. The second-order valence-electron chi connectivity index (χ2n) is 6.33. The molecule has 29 heavy (non-hydrogen) atoms. The zero-order valence-corrected chi connectivity index (χ0v) is 15.8. The van der Waals surface area contributed by atoms with Crippen LogP contribution in [0.1, 0.15) is 15.9 Å². The number of hydrogen-bond acceptors (Lipinski definition) is 4. The summed E-state index contributed by atoms with van der Waals surface area (Å²) in [6.45, 7) is 0. The number of hydrogen-bond donors (Lipinski definition) is 0. The van der Waals surface area contributed by atoms with E-state index in [1.165, 1.54) is 18.2 Å². The Hall–Kier alpha value is -3.70. The molecule has 0 radical (unpaired) electrons. The van der Waals surface area contributed by atoms with Crippen molar-refractivity contribution in [3.63, 3.8) is 0 Å². The van der Waals surface area contributed by atoms with Crippen LogP contribution in [0.4, 0.5) is 5.69 Å². The molecule has 0 saturated heterocycles. The molecule has 0 aliphatic heterocycles. The maximum absolute atomic E-state index is 12.6. The summed E-state index contributed by atoms with van der Waals surface area (Å²) in [5.41, 5.74) is 0.390. The van der Waals surface area contributed by atoms with Gasteiger partial charge >= 0.3 is 5.69 Å². The van der Waals surface area contributed by atoms with Gasteiger partial charge in [-0.15, -0.1) is 0 Å². The molecule has 0 unspecified atom stereocenters. The second kappa shape index (κ2) is 7.73. The maximum atomic E-state index is 12.6. The number of nitrogens with zero attached hydrogens (tertiary/aromatic N) is 1. The van der Waals surface area contributed by atoms with Crippen LogP contribution in [0.2, 0.25) is 5.02 Å². The number of halogens is 1. The number of benzene rings is 4. The molecule has 4 rings (SSSR count). The van der Waals surface area contributed by atoms with Crippen LogP contribution in [0.5, 0.6) is 11.5 Å². The average molecular weight is 404 g/mol. The van der Waals surface area contributed by atoms with Gasteiger partial charge in [-0.05, 0) is 24.3 Å². The van der Waals surface area contributed by atoms with E-state index in [1.807, 2.05) is 24.3 Å². The van der Waals surface area contributed by atoms with Crippen molar-refractivity contribution < 1.29 is 14.5 Å². The Labute approximate surface area is 171 Å². The lowest BCUT2D eigenvalue weighted by Crippen LogP contribution is -2.03. The third-order valence-electron chi connectivity index (χ3n) is 4.50. The van der Waals surface area contributed by atoms with Gasteiger partial charge in [-0.3, -0.25) is 14.9 Å². The summed E-state index contributed by atoms with van der Waals surface area (Å²) in [4.78, 5) is 23.7. The summed E-state index contributed by atoms with van der Waals surface area (Å²) < 4.78 is 5.87. The number of ether oxygens (including phenoxy) is 1. The molecule has 0 aliphatic rings. The van der Waals surface area contributed by atoms with E-state index in [-0.39, 0.29) is 22.8 Å². The highest BCUT2D eigenvalue weighted by molar-refractivity contribution is 6.35. The highest BCUT2D eigenvalue weighted by Gasteiger charge is 2.21. The monoisotopic (exact) mass is 403 g/mol. The van der Waals surface area contributed by atoms with Crippen molar-refractivity contribution in [1.29, 1.82) is 0 Å². The summed E-state index contributed by atoms with van der Waals surface area (Å²) in [5, 5.41) is 13.7. The predicted octanol–water partition coefficient (Wildman–Crippen LogP) is 6.42. The van der Waals surface area contributed by atoms with Crippen LogP contribution in [-0.2, 0) is 0 Å². The molecular weight excluding hydrogens is 390 g/mol. The van der Waals surface area contributed by atoms with Crippen LogP contribution in [0, 0.1) is 10.1 Å². The van der Waals surface area contributed by atoms with Crippen LogP contribution in [0.25, 0.3) is 10.8 Å². The highest BCUT2D eigenvalue weighted by Crippen LogP contribution is 2.38. The van der Waals surface area contributed by atoms with Crippen molar-refractivity contribution in [2.24, 2.45) is 0 Å². The van der Waals surface area contributed by atoms with Crippen molar-refractivity contribution in [1.82, 2.24) is 0 Å². The fraction of sp³-hybridized carbons (Fsp3) is 0. The van der Waals surface area contributed by atoms with Gasteiger partial charge in [-0.25, -0.2) is 0 Å². The van der Waals surface area contributed by atoms with Gasteiger partial charge in [0.2, 0.25) is 5.75 Å². The van der Waals surface area contributed by atoms with E-state index in [9.17, 15) is 14.9 Å². The quantitative estimate of drug-likeness (QED) is 0.219. The van der Waals surface area contributed by atoms with E-state index < -0.39 is 4.92 Å². The van der Waals surface area contributed by atoms with Crippen molar-refractivity contribution >= 4 is 33.8 Å². The number of nitro groups is 1. The number of fused-ring (bicyclic) bond motifs is 1. The van der Waals surface area contributed by atoms with Crippen LogP contribution < -0.4 is 4.74 Å². The van der Waals surface area contributed by atoms with E-state index >= 15 is 0 Å². The Kier molecular flexibility index (Phi) is 4.97. The van der Waals surface area contributed by atoms with Gasteiger partial charge in [-0.2, -0.15) is 0 Å². The molecule has 142 valence electrons. The second-order valence-corrected chi connectivity index (χ2v) is 6.74. The molecule has 0 amide bonds. The highest BCUT2D eigenvalue weighted by atomic mass is 35.5. The molecule has 6 heteroatoms. The van der Waals surface area contributed by atoms with Gasteiger partial charge in [-0.1, -0.05) is 66.2 Å². The molecule has 0 aliphatic carbocycles. The first-order chi connectivity index (χ1) is 14.0. The molecule has 4 aromatic rings. The average Bonchev–Trinajstić information content (AvgIpc) is 2.76. The molecule has 0 N–H and O–H groups in total. The number of carbonyl (C=O) groups excluding carboxylic acids is 1. The van der Waals surface area contributed by atoms with Crippen LogP contribution in [0.3, 0.4) is 0 Å². The molecule has 0 spiro atoms. The van der Waals surface area contributed by atoms with Crippen molar-refractivity contribution in [3.8, 4) is 11.5 Å². The standard InChI is InChI=1S/C23H14ClNO4/c24-19-11-13-21(18-9-5-4-8-17(18)19)29-22-12-10-16(14-20(22)25(27)28)23(26)15-6-2-1-3-7-15/h1-14H. The molecule has 0 heterocycles. The maximum Gasteiger partial charge on any atom is 0.312 e. The third kappa shape index (κ3) is 3.68. The molecule has 5 nitrogen and oxygen atoms in total. The Bertz CT molecular complexity index is 1240. The molecule has 4 aromatic carbocycles. The zero-order chi connectivity index (χ0) is 20.4. The molecule has 0 saturated carbocycles. The zero-order valence-electron chi connectivity index (χ0n) is 15.0. The Morgan fingerprint density at radius 3 is 2.17 bits per heavy atom. The first-order valence-electron chi connectivity index (χ1n) is 8.78. The summed E-state index contributed by atoms with van der Waals surface area (Å²) in [5.74, 6) is 0.194. The Morgan fingerprint density at radius 1 is 0.793 bits per heavy atom. The van der Waals surface area contributed by atoms with Gasteiger partial charge in [0.1, 0.15) is 5.75 Å². The van der Waals surface area contributed by atoms with Crippen molar-refractivity contribution in [3.05, 3.63) is 111 Å². The predicted molar refractivity (Wildman–Crippen MR) is 112 cm³/mol. The van der Waals surface area contributed by atoms with Gasteiger partial charge in [0.15, 0.2) is 5.78 Å². The van der Waals surface area contributed by atoms with Crippen LogP contribution in [-0.4, -0.2) is 10.7 Å². The van der Waals surface area contributed by atoms with E-state index in [0.29, 0.717) is 16.3 Å². The lowest BCUT2D eigenvalue weighted by Gasteiger charge is -2.11. The Balaban J connectivity index is 1.75. The number of carbonyl (C=O) groups is 1. The molecule has 0 atom stereocenters. The minimum absolute atomic E-state index is 0.0482. The number of nitro benzene ring substituents is 1. The van der Waals surface area contributed by atoms with E-state index in [4.69, 9.17) is 16.3 Å². The molecule has 0 aromatic heterocycles. The van der Waals surface area contributed by atoms with Gasteiger partial charge in [0.25, 0.3) is 0 Å². The Morgan fingerprint density at radius 2 is 1.45 bits per heavy atom. The van der Waals surface area contributed by atoms with E-state index in [2.05, 4.69) is 0 Å². The summed E-state index contributed by atoms with van der Waals surface area (Å²) in [6.07, 6.45) is 0. The molecule has 0 bridgehead atoms. The lowest BCUT2D eigenvalue weighted by atomic mass is 10.0. The largest absolute Gasteiger partial charge is 0.449 e. The van der Waals surface area contributed by atoms with Crippen molar-refractivity contribution in [2.75, 3.05) is 0 Å². The molecular formula is C23H14ClNO4. The minimum atomic E-state index is -0.560. The fourth-order valence-corrected chi connectivity index (χ4v) is 3.31. The minimum Gasteiger partial charge on any atom is -0.449 e. The SMILES string of the molecule is O=C(c1ccccc1)c1ccc(Oc2ccc(Cl)c3ccccc23)c([N+](=O)[O-])c1. The summed E-state index contributed by atoms with van der Waals surface area (Å²) >= 11 is 6.23. The third-order valence-corrected chi connectivity index (χ3v) is 4.83. The van der Waals surface area contributed by atoms with Crippen LogP contribution in [0.15, 0.2) is 84.9 Å². The summed E-state index contributed by atoms with van der Waals surface area (Å²) in [6, 6.07) is 23.5. The topological polar surface area (TPSA) is 69.4 Å². The first-order valence-corrected chi connectivity index (χ1v) is 9.15. The molecule has 0 fully saturated rings. The lowest BCUT2D eigenvalue weighted by molar-refractivity contribution is -0.385. The first kappa shape index (κ1) is 18.7. The van der Waals surface area contributed by atoms with Gasteiger partial charge in [0.05, 0.1) is 4.92 Å². The van der Waals surface area contributed by atoms with E-state index in [0.717, 1.165) is 10.8 Å². The number of rotatable bonds is 5. The van der Waals surface area contributed by atoms with E-state index in [1.54, 1.807) is 42.5 Å². The van der Waals surface area contributed by atoms with Crippen molar-refractivity contribution in [2.45, 2.75) is 0 Å². The summed E-state index contributed by atoms with van der Waals surface area (Å²) in [7, 11) is 0. The number of ketones is 1. The van der Waals surface area contributed by atoms with Gasteiger partial charge in [0, 0.05) is 33.0 Å². The fourth-order valence-electron chi connectivity index (χ4n) is 3.09. The van der Waals surface area contributed by atoms with Crippen LogP contribution >= 0.6 is 11.6 Å².